The Hall–Kier alpha value is -2.23. The standard InChI is InChI=1S/C20H20ClNO2/c1-22(12-13-24-17-9-7-16(21)8-10-17)14-19-18-5-3-2-4-15(18)6-11-20(19)23/h2-11,23H,12-14H2,1H3. The van der Waals surface area contributed by atoms with Crippen molar-refractivity contribution in [3.05, 3.63) is 71.2 Å². The first-order valence-corrected chi connectivity index (χ1v) is 8.28. The maximum atomic E-state index is 10.2. The smallest absolute Gasteiger partial charge is 0.120 e. The molecule has 1 N–H and O–H groups in total. The van der Waals surface area contributed by atoms with Gasteiger partial charge in [0.25, 0.3) is 0 Å². The quantitative estimate of drug-likeness (QED) is 0.704. The molecule has 0 saturated carbocycles. The molecule has 0 heterocycles. The van der Waals surface area contributed by atoms with Crippen molar-refractivity contribution in [2.45, 2.75) is 6.54 Å². The van der Waals surface area contributed by atoms with E-state index in [1.807, 2.05) is 55.6 Å². The fourth-order valence-electron chi connectivity index (χ4n) is 2.69. The molecule has 24 heavy (non-hydrogen) atoms. The van der Waals surface area contributed by atoms with Crippen LogP contribution in [-0.4, -0.2) is 30.2 Å². The van der Waals surface area contributed by atoms with Gasteiger partial charge in [-0.2, -0.15) is 0 Å². The zero-order valence-corrected chi connectivity index (χ0v) is 14.3. The molecule has 0 amide bonds. The molecule has 3 aromatic carbocycles. The lowest BCUT2D eigenvalue weighted by atomic mass is 10.0. The summed E-state index contributed by atoms with van der Waals surface area (Å²) in [6.07, 6.45) is 0. The molecule has 0 radical (unpaired) electrons. The number of phenolic OH excluding ortho intramolecular Hbond substituents is 1. The summed E-state index contributed by atoms with van der Waals surface area (Å²) in [5, 5.41) is 13.1. The molecule has 0 spiro atoms. The molecular formula is C20H20ClNO2. The summed E-state index contributed by atoms with van der Waals surface area (Å²) in [4.78, 5) is 2.14. The second-order valence-electron chi connectivity index (χ2n) is 5.82. The topological polar surface area (TPSA) is 32.7 Å². The Morgan fingerprint density at radius 1 is 1.00 bits per heavy atom. The van der Waals surface area contributed by atoms with Gasteiger partial charge in [0, 0.05) is 23.7 Å². The van der Waals surface area contributed by atoms with E-state index in [1.54, 1.807) is 6.07 Å². The van der Waals surface area contributed by atoms with E-state index in [2.05, 4.69) is 11.0 Å². The summed E-state index contributed by atoms with van der Waals surface area (Å²) in [5.74, 6) is 1.14. The molecule has 4 heteroatoms. The number of fused-ring (bicyclic) bond motifs is 1. The number of hydrogen-bond donors (Lipinski definition) is 1. The number of aromatic hydroxyl groups is 1. The molecule has 3 rings (SSSR count). The molecular weight excluding hydrogens is 322 g/mol. The summed E-state index contributed by atoms with van der Waals surface area (Å²) in [6.45, 7) is 1.99. The van der Waals surface area contributed by atoms with E-state index in [-0.39, 0.29) is 0 Å². The first-order chi connectivity index (χ1) is 11.6. The Morgan fingerprint density at radius 2 is 1.75 bits per heavy atom. The number of halogens is 1. The molecule has 0 saturated heterocycles. The molecule has 0 unspecified atom stereocenters. The number of ether oxygens (including phenoxy) is 1. The Balaban J connectivity index is 1.62. The number of hydrogen-bond acceptors (Lipinski definition) is 3. The van der Waals surface area contributed by atoms with Gasteiger partial charge >= 0.3 is 0 Å². The Kier molecular flexibility index (Phi) is 5.24. The molecule has 0 aromatic heterocycles. The van der Waals surface area contributed by atoms with Crippen LogP contribution in [0.2, 0.25) is 5.02 Å². The van der Waals surface area contributed by atoms with Crippen LogP contribution in [0.25, 0.3) is 10.8 Å². The predicted octanol–water partition coefficient (Wildman–Crippen LogP) is 4.71. The molecule has 3 aromatic rings. The van der Waals surface area contributed by atoms with Gasteiger partial charge in [0.05, 0.1) is 0 Å². The zero-order valence-electron chi connectivity index (χ0n) is 13.6. The van der Waals surface area contributed by atoms with Crippen molar-refractivity contribution in [1.82, 2.24) is 4.90 Å². The minimum absolute atomic E-state index is 0.333. The van der Waals surface area contributed by atoms with Gasteiger partial charge in [-0.1, -0.05) is 41.9 Å². The number of rotatable bonds is 6. The largest absolute Gasteiger partial charge is 0.508 e. The Bertz CT molecular complexity index is 817. The van der Waals surface area contributed by atoms with Gasteiger partial charge in [0.1, 0.15) is 18.1 Å². The van der Waals surface area contributed by atoms with Gasteiger partial charge < -0.3 is 9.84 Å². The van der Waals surface area contributed by atoms with Crippen LogP contribution in [-0.2, 0) is 6.54 Å². The molecule has 3 nitrogen and oxygen atoms in total. The van der Waals surface area contributed by atoms with E-state index < -0.39 is 0 Å². The normalized spacial score (nSPS) is 11.1. The van der Waals surface area contributed by atoms with Gasteiger partial charge in [-0.3, -0.25) is 4.90 Å². The van der Waals surface area contributed by atoms with Gasteiger partial charge in [-0.05, 0) is 48.2 Å². The maximum absolute atomic E-state index is 10.2. The van der Waals surface area contributed by atoms with Crippen molar-refractivity contribution in [2.75, 3.05) is 20.2 Å². The van der Waals surface area contributed by atoms with Crippen molar-refractivity contribution in [3.8, 4) is 11.5 Å². The lowest BCUT2D eigenvalue weighted by Gasteiger charge is -2.19. The molecule has 0 atom stereocenters. The minimum atomic E-state index is 0.333. The van der Waals surface area contributed by atoms with Crippen LogP contribution >= 0.6 is 11.6 Å². The fourth-order valence-corrected chi connectivity index (χ4v) is 2.82. The highest BCUT2D eigenvalue weighted by Gasteiger charge is 2.09. The third kappa shape index (κ3) is 3.99. The van der Waals surface area contributed by atoms with Crippen LogP contribution < -0.4 is 4.74 Å². The van der Waals surface area contributed by atoms with Crippen molar-refractivity contribution >= 4 is 22.4 Å². The predicted molar refractivity (Wildman–Crippen MR) is 98.9 cm³/mol. The van der Waals surface area contributed by atoms with E-state index in [0.29, 0.717) is 23.9 Å². The molecule has 0 aliphatic carbocycles. The number of phenols is 1. The van der Waals surface area contributed by atoms with Gasteiger partial charge in [-0.15, -0.1) is 0 Å². The lowest BCUT2D eigenvalue weighted by Crippen LogP contribution is -2.24. The lowest BCUT2D eigenvalue weighted by molar-refractivity contribution is 0.232. The summed E-state index contributed by atoms with van der Waals surface area (Å²) < 4.78 is 5.72. The average molecular weight is 342 g/mol. The number of benzene rings is 3. The second-order valence-corrected chi connectivity index (χ2v) is 6.26. The van der Waals surface area contributed by atoms with Crippen LogP contribution in [0, 0.1) is 0 Å². The van der Waals surface area contributed by atoms with Crippen LogP contribution in [0.3, 0.4) is 0 Å². The van der Waals surface area contributed by atoms with Crippen LogP contribution in [0.15, 0.2) is 60.7 Å². The van der Waals surface area contributed by atoms with Gasteiger partial charge in [-0.25, -0.2) is 0 Å². The highest BCUT2D eigenvalue weighted by Crippen LogP contribution is 2.28. The Morgan fingerprint density at radius 3 is 2.54 bits per heavy atom. The van der Waals surface area contributed by atoms with Gasteiger partial charge in [0.15, 0.2) is 0 Å². The molecule has 124 valence electrons. The third-order valence-corrected chi connectivity index (χ3v) is 4.25. The summed E-state index contributed by atoms with van der Waals surface area (Å²) in [7, 11) is 2.02. The van der Waals surface area contributed by atoms with E-state index in [4.69, 9.17) is 16.3 Å². The van der Waals surface area contributed by atoms with Crippen molar-refractivity contribution < 1.29 is 9.84 Å². The van der Waals surface area contributed by atoms with Crippen LogP contribution in [0.1, 0.15) is 5.56 Å². The van der Waals surface area contributed by atoms with Crippen molar-refractivity contribution in [1.29, 1.82) is 0 Å². The van der Waals surface area contributed by atoms with Crippen LogP contribution in [0.4, 0.5) is 0 Å². The summed E-state index contributed by atoms with van der Waals surface area (Å²) in [5.41, 5.74) is 0.946. The van der Waals surface area contributed by atoms with E-state index in [1.165, 1.54) is 0 Å². The number of likely N-dealkylation sites (N-methyl/N-ethyl adjacent to an activating group) is 1. The van der Waals surface area contributed by atoms with Crippen molar-refractivity contribution in [2.24, 2.45) is 0 Å². The highest BCUT2D eigenvalue weighted by atomic mass is 35.5. The monoisotopic (exact) mass is 341 g/mol. The van der Waals surface area contributed by atoms with Gasteiger partial charge in [0.2, 0.25) is 0 Å². The SMILES string of the molecule is CN(CCOc1ccc(Cl)cc1)Cc1c(O)ccc2ccccc12. The number of nitrogens with zero attached hydrogens (tertiary/aromatic N) is 1. The first-order valence-electron chi connectivity index (χ1n) is 7.90. The third-order valence-electron chi connectivity index (χ3n) is 4.00. The minimum Gasteiger partial charge on any atom is -0.508 e. The van der Waals surface area contributed by atoms with E-state index in [9.17, 15) is 5.11 Å². The van der Waals surface area contributed by atoms with E-state index in [0.717, 1.165) is 28.6 Å². The molecule has 0 aliphatic rings. The van der Waals surface area contributed by atoms with E-state index >= 15 is 0 Å². The Labute approximate surface area is 147 Å². The molecule has 0 fully saturated rings. The maximum Gasteiger partial charge on any atom is 0.120 e. The zero-order chi connectivity index (χ0) is 16.9. The first kappa shape index (κ1) is 16.6. The fraction of sp³-hybridized carbons (Fsp3) is 0.200. The van der Waals surface area contributed by atoms with Crippen LogP contribution in [0.5, 0.6) is 11.5 Å². The average Bonchev–Trinajstić information content (AvgIpc) is 2.59. The summed E-state index contributed by atoms with van der Waals surface area (Å²) >= 11 is 5.86. The molecule has 0 aliphatic heterocycles. The highest BCUT2D eigenvalue weighted by molar-refractivity contribution is 6.30. The second kappa shape index (κ2) is 7.56. The van der Waals surface area contributed by atoms with Crippen molar-refractivity contribution in [3.63, 3.8) is 0 Å². The summed E-state index contributed by atoms with van der Waals surface area (Å²) in [6, 6.07) is 19.2. The molecule has 0 bridgehead atoms.